The van der Waals surface area contributed by atoms with Gasteiger partial charge in [-0.15, -0.1) is 0 Å². The molecule has 13 atom stereocenters. The fourth-order valence-electron chi connectivity index (χ4n) is 10.3. The molecule has 8 bridgehead atoms. The van der Waals surface area contributed by atoms with Crippen LogP contribution < -0.4 is 0 Å². The SMILES string of the molecule is CC(C)C(=O)OC1CC2CC1C1C3CC(CC3C(=O)OCOC3C4CC5CC(C4)C(=O)C3C5)C21. The van der Waals surface area contributed by atoms with Crippen molar-refractivity contribution in [3.05, 3.63) is 0 Å². The van der Waals surface area contributed by atoms with Crippen molar-refractivity contribution >= 4 is 17.7 Å². The Bertz CT molecular complexity index is 897. The van der Waals surface area contributed by atoms with E-state index in [9.17, 15) is 14.4 Å². The molecule has 0 aromatic heterocycles. The number of ether oxygens (including phenoxy) is 3. The highest BCUT2D eigenvalue weighted by molar-refractivity contribution is 5.86. The van der Waals surface area contributed by atoms with Crippen LogP contribution in [0.4, 0.5) is 0 Å². The Hall–Kier alpha value is -1.43. The van der Waals surface area contributed by atoms with Crippen LogP contribution in [-0.2, 0) is 28.6 Å². The summed E-state index contributed by atoms with van der Waals surface area (Å²) in [5, 5.41) is 0. The molecule has 13 unspecified atom stereocenters. The zero-order valence-electron chi connectivity index (χ0n) is 20.4. The van der Waals surface area contributed by atoms with Gasteiger partial charge in [0, 0.05) is 11.8 Å². The van der Waals surface area contributed by atoms with Crippen LogP contribution in [0.25, 0.3) is 0 Å². The number of esters is 2. The molecule has 0 N–H and O–H groups in total. The number of hydrogen-bond acceptors (Lipinski definition) is 6. The van der Waals surface area contributed by atoms with Gasteiger partial charge in [0.1, 0.15) is 11.9 Å². The molecule has 0 saturated heterocycles. The van der Waals surface area contributed by atoms with Gasteiger partial charge < -0.3 is 14.2 Å². The standard InChI is InChI=1S/C28H38O6/c1-12(2)27(30)34-22-10-15-9-20(22)24-18-7-14(23(15)24)8-19(18)28(31)33-11-32-26-17-4-13-3-16(6-17)25(29)21(26)5-13/h12-24,26H,3-11H2,1-2H3. The van der Waals surface area contributed by atoms with Crippen LogP contribution in [0.5, 0.6) is 0 Å². The number of rotatable bonds is 6. The Morgan fingerprint density at radius 3 is 2.50 bits per heavy atom. The third-order valence-electron chi connectivity index (χ3n) is 11.3. The van der Waals surface area contributed by atoms with Gasteiger partial charge in [-0.05, 0) is 98.7 Å². The van der Waals surface area contributed by atoms with Gasteiger partial charge >= 0.3 is 11.9 Å². The quantitative estimate of drug-likeness (QED) is 0.332. The Kier molecular flexibility index (Phi) is 4.99. The lowest BCUT2D eigenvalue weighted by molar-refractivity contribution is -0.192. The summed E-state index contributed by atoms with van der Waals surface area (Å²) in [6, 6.07) is 0. The first-order valence-corrected chi connectivity index (χ1v) is 13.9. The largest absolute Gasteiger partial charge is 0.462 e. The van der Waals surface area contributed by atoms with Gasteiger partial charge in [0.15, 0.2) is 6.79 Å². The van der Waals surface area contributed by atoms with Crippen LogP contribution in [0.3, 0.4) is 0 Å². The first-order chi connectivity index (χ1) is 16.4. The number of hydrogen-bond donors (Lipinski definition) is 0. The molecule has 186 valence electrons. The molecule has 8 rings (SSSR count). The van der Waals surface area contributed by atoms with Crippen molar-refractivity contribution in [2.75, 3.05) is 6.79 Å². The van der Waals surface area contributed by atoms with E-state index in [0.717, 1.165) is 44.9 Å². The third-order valence-corrected chi connectivity index (χ3v) is 11.3. The summed E-state index contributed by atoms with van der Waals surface area (Å²) < 4.78 is 17.7. The van der Waals surface area contributed by atoms with Crippen LogP contribution in [0.1, 0.15) is 65.2 Å². The van der Waals surface area contributed by atoms with Crippen molar-refractivity contribution in [2.45, 2.75) is 77.4 Å². The van der Waals surface area contributed by atoms with E-state index in [0.29, 0.717) is 53.1 Å². The minimum absolute atomic E-state index is 0.0121. The van der Waals surface area contributed by atoms with Crippen molar-refractivity contribution in [2.24, 2.45) is 71.0 Å². The summed E-state index contributed by atoms with van der Waals surface area (Å²) in [5.41, 5.74) is 0. The number of carbonyl (C=O) groups is 3. The summed E-state index contributed by atoms with van der Waals surface area (Å²) in [6.45, 7) is 3.77. The zero-order chi connectivity index (χ0) is 23.3. The maximum Gasteiger partial charge on any atom is 0.311 e. The van der Waals surface area contributed by atoms with Gasteiger partial charge in [-0.2, -0.15) is 0 Å². The van der Waals surface area contributed by atoms with Gasteiger partial charge in [0.05, 0.1) is 17.9 Å². The van der Waals surface area contributed by atoms with Gasteiger partial charge in [0.2, 0.25) is 0 Å². The fourth-order valence-corrected chi connectivity index (χ4v) is 10.3. The lowest BCUT2D eigenvalue weighted by Crippen LogP contribution is -2.55. The monoisotopic (exact) mass is 470 g/mol. The summed E-state index contributed by atoms with van der Waals surface area (Å²) in [4.78, 5) is 38.0. The topological polar surface area (TPSA) is 78.9 Å². The van der Waals surface area contributed by atoms with Gasteiger partial charge in [-0.1, -0.05) is 13.8 Å². The number of ketones is 1. The number of fused-ring (bicyclic) bond motifs is 9. The molecular formula is C28H38O6. The third kappa shape index (κ3) is 3.12. The molecule has 0 radical (unpaired) electrons. The second kappa shape index (κ2) is 7.78. The molecule has 0 heterocycles. The lowest BCUT2D eigenvalue weighted by atomic mass is 9.54. The molecule has 8 saturated carbocycles. The first kappa shape index (κ1) is 21.8. The minimum Gasteiger partial charge on any atom is -0.462 e. The molecule has 0 aromatic rings. The maximum absolute atomic E-state index is 13.1. The highest BCUT2D eigenvalue weighted by atomic mass is 16.7. The van der Waals surface area contributed by atoms with Crippen molar-refractivity contribution in [3.63, 3.8) is 0 Å². The summed E-state index contributed by atoms with van der Waals surface area (Å²) in [7, 11) is 0. The van der Waals surface area contributed by atoms with E-state index < -0.39 is 0 Å². The van der Waals surface area contributed by atoms with E-state index in [1.165, 1.54) is 6.42 Å². The Morgan fingerprint density at radius 1 is 0.882 bits per heavy atom. The number of carbonyl (C=O) groups excluding carboxylic acids is 3. The van der Waals surface area contributed by atoms with Crippen molar-refractivity contribution < 1.29 is 28.6 Å². The zero-order valence-corrected chi connectivity index (χ0v) is 20.4. The van der Waals surface area contributed by atoms with Crippen LogP contribution in [0.15, 0.2) is 0 Å². The fraction of sp³-hybridized carbons (Fsp3) is 0.893. The van der Waals surface area contributed by atoms with Crippen molar-refractivity contribution in [3.8, 4) is 0 Å². The van der Waals surface area contributed by atoms with Crippen LogP contribution >= 0.6 is 0 Å². The highest BCUT2D eigenvalue weighted by Crippen LogP contribution is 2.69. The Labute approximate surface area is 201 Å². The molecule has 8 aliphatic carbocycles. The maximum atomic E-state index is 13.1. The molecule has 8 aliphatic rings. The molecule has 0 aliphatic heterocycles. The normalized spacial score (nSPS) is 51.4. The molecular weight excluding hydrogens is 432 g/mol. The second-order valence-electron chi connectivity index (χ2n) is 13.2. The van der Waals surface area contributed by atoms with Crippen molar-refractivity contribution in [1.29, 1.82) is 0 Å². The van der Waals surface area contributed by atoms with E-state index in [4.69, 9.17) is 14.2 Å². The predicted octanol–water partition coefficient (Wildman–Crippen LogP) is 4.00. The minimum atomic E-state index is -0.111. The highest BCUT2D eigenvalue weighted by Gasteiger charge is 2.66. The predicted molar refractivity (Wildman–Crippen MR) is 121 cm³/mol. The van der Waals surface area contributed by atoms with E-state index in [2.05, 4.69) is 0 Å². The summed E-state index contributed by atoms with van der Waals surface area (Å²) in [6.07, 6.45) is 8.40. The van der Waals surface area contributed by atoms with E-state index in [1.807, 2.05) is 13.8 Å². The molecule has 0 aromatic carbocycles. The van der Waals surface area contributed by atoms with E-state index >= 15 is 0 Å². The average Bonchev–Trinajstić information content (AvgIpc) is 3.57. The number of Topliss-reactive ketones (excluding diaryl/α,β-unsaturated/α-hetero) is 1. The molecule has 6 heteroatoms. The van der Waals surface area contributed by atoms with Crippen LogP contribution in [0.2, 0.25) is 0 Å². The molecule has 34 heavy (non-hydrogen) atoms. The smallest absolute Gasteiger partial charge is 0.311 e. The van der Waals surface area contributed by atoms with Crippen LogP contribution in [0, 0.1) is 71.0 Å². The molecule has 8 fully saturated rings. The van der Waals surface area contributed by atoms with E-state index in [-0.39, 0.29) is 54.6 Å². The molecule has 0 amide bonds. The van der Waals surface area contributed by atoms with E-state index in [1.54, 1.807) is 0 Å². The lowest BCUT2D eigenvalue weighted by Gasteiger charge is -2.52. The summed E-state index contributed by atoms with van der Waals surface area (Å²) >= 11 is 0. The van der Waals surface area contributed by atoms with Gasteiger partial charge in [-0.3, -0.25) is 14.4 Å². The van der Waals surface area contributed by atoms with Crippen molar-refractivity contribution in [1.82, 2.24) is 0 Å². The van der Waals surface area contributed by atoms with Gasteiger partial charge in [-0.25, -0.2) is 0 Å². The summed E-state index contributed by atoms with van der Waals surface area (Å²) in [5.74, 6) is 4.76. The Balaban J connectivity index is 0.963. The molecule has 0 spiro atoms. The Morgan fingerprint density at radius 2 is 1.68 bits per heavy atom. The second-order valence-corrected chi connectivity index (χ2v) is 13.2. The first-order valence-electron chi connectivity index (χ1n) is 13.9. The molecule has 6 nitrogen and oxygen atoms in total. The van der Waals surface area contributed by atoms with Crippen LogP contribution in [-0.4, -0.2) is 36.7 Å². The average molecular weight is 471 g/mol. The van der Waals surface area contributed by atoms with Gasteiger partial charge in [0.25, 0.3) is 0 Å².